The van der Waals surface area contributed by atoms with Crippen LogP contribution < -0.4 is 10.1 Å². The molecule has 0 saturated carbocycles. The van der Waals surface area contributed by atoms with Crippen molar-refractivity contribution in [3.8, 4) is 5.88 Å². The Morgan fingerprint density at radius 1 is 1.12 bits per heavy atom. The van der Waals surface area contributed by atoms with Crippen molar-refractivity contribution in [2.24, 2.45) is 0 Å². The smallest absolute Gasteiger partial charge is 0.290 e. The number of ether oxygens (including phenoxy) is 1. The average molecular weight is 330 g/mol. The molecular weight excluding hydrogens is 304 g/mol. The topological polar surface area (TPSA) is 64.4 Å². The predicted octanol–water partition coefficient (Wildman–Crippen LogP) is 4.34. The van der Waals surface area contributed by atoms with Crippen LogP contribution in [0.5, 0.6) is 5.88 Å². The first kappa shape index (κ1) is 18.0. The number of hydrogen-bond donors (Lipinski definition) is 1. The van der Waals surface area contributed by atoms with E-state index in [1.807, 2.05) is 30.3 Å². The Labute approximate surface area is 143 Å². The van der Waals surface area contributed by atoms with E-state index in [1.54, 1.807) is 0 Å². The Morgan fingerprint density at radius 3 is 2.67 bits per heavy atom. The number of benzene rings is 1. The first-order valence-corrected chi connectivity index (χ1v) is 8.71. The Morgan fingerprint density at radius 2 is 1.88 bits per heavy atom. The second-order valence-corrected chi connectivity index (χ2v) is 5.83. The minimum atomic E-state index is -0.245. The first-order valence-electron chi connectivity index (χ1n) is 8.71. The number of unbranched alkanes of at least 4 members (excludes halogenated alkanes) is 5. The first-order chi connectivity index (χ1) is 11.8. The van der Waals surface area contributed by atoms with E-state index in [2.05, 4.69) is 17.4 Å². The van der Waals surface area contributed by atoms with E-state index in [4.69, 9.17) is 9.26 Å². The molecule has 0 aliphatic rings. The fourth-order valence-corrected chi connectivity index (χ4v) is 2.36. The van der Waals surface area contributed by atoms with E-state index in [-0.39, 0.29) is 11.7 Å². The number of carbonyl (C=O) groups is 1. The average Bonchev–Trinajstić information content (AvgIpc) is 3.09. The van der Waals surface area contributed by atoms with Gasteiger partial charge in [0.05, 0.1) is 6.07 Å². The molecule has 0 spiro atoms. The summed E-state index contributed by atoms with van der Waals surface area (Å²) < 4.78 is 10.6. The van der Waals surface area contributed by atoms with Crippen molar-refractivity contribution in [3.05, 3.63) is 47.7 Å². The van der Waals surface area contributed by atoms with Crippen molar-refractivity contribution in [1.82, 2.24) is 10.5 Å². The number of hydrogen-bond acceptors (Lipinski definition) is 4. The molecule has 1 amide bonds. The Bertz CT molecular complexity index is 596. The lowest BCUT2D eigenvalue weighted by molar-refractivity contribution is 0.0915. The van der Waals surface area contributed by atoms with Crippen LogP contribution in [0.25, 0.3) is 0 Å². The molecule has 0 unspecified atom stereocenters. The molecule has 130 valence electrons. The third-order valence-electron chi connectivity index (χ3n) is 3.76. The van der Waals surface area contributed by atoms with E-state index >= 15 is 0 Å². The summed E-state index contributed by atoms with van der Waals surface area (Å²) in [4.78, 5) is 12.0. The molecule has 1 heterocycles. The number of nitrogens with zero attached hydrogens (tertiary/aromatic N) is 1. The number of amides is 1. The predicted molar refractivity (Wildman–Crippen MR) is 93.0 cm³/mol. The molecule has 0 fully saturated rings. The molecule has 2 rings (SSSR count). The van der Waals surface area contributed by atoms with Gasteiger partial charge in [-0.2, -0.15) is 0 Å². The highest BCUT2D eigenvalue weighted by Gasteiger charge is 2.13. The summed E-state index contributed by atoms with van der Waals surface area (Å²) in [7, 11) is 0. The number of aromatic nitrogens is 1. The maximum Gasteiger partial charge on any atom is 0.290 e. The molecule has 0 bridgehead atoms. The molecule has 1 aromatic carbocycles. The zero-order valence-corrected chi connectivity index (χ0v) is 14.3. The standard InChI is InChI=1S/C19H26N2O3/c1-2-3-4-5-6-10-13-20-19(22)17-14-18(21-24-17)23-15-16-11-8-7-9-12-16/h7-9,11-12,14H,2-6,10,13,15H2,1H3,(H,20,22). The van der Waals surface area contributed by atoms with Gasteiger partial charge in [0.1, 0.15) is 6.61 Å². The van der Waals surface area contributed by atoms with Crippen LogP contribution in [0.4, 0.5) is 0 Å². The second kappa shape index (κ2) is 10.5. The van der Waals surface area contributed by atoms with Crippen LogP contribution >= 0.6 is 0 Å². The zero-order valence-electron chi connectivity index (χ0n) is 14.3. The molecule has 0 saturated heterocycles. The van der Waals surface area contributed by atoms with Crippen LogP contribution in [0.1, 0.15) is 61.6 Å². The van der Waals surface area contributed by atoms with Gasteiger partial charge in [-0.05, 0) is 17.1 Å². The molecule has 1 N–H and O–H groups in total. The molecule has 5 nitrogen and oxygen atoms in total. The van der Waals surface area contributed by atoms with Crippen LogP contribution in [0, 0.1) is 0 Å². The fraction of sp³-hybridized carbons (Fsp3) is 0.474. The summed E-state index contributed by atoms with van der Waals surface area (Å²) in [6, 6.07) is 11.3. The maximum absolute atomic E-state index is 12.0. The molecule has 2 aromatic rings. The van der Waals surface area contributed by atoms with Crippen LogP contribution in [0.3, 0.4) is 0 Å². The molecule has 0 aliphatic heterocycles. The lowest BCUT2D eigenvalue weighted by Crippen LogP contribution is -2.23. The van der Waals surface area contributed by atoms with Crippen molar-refractivity contribution in [1.29, 1.82) is 0 Å². The van der Waals surface area contributed by atoms with Gasteiger partial charge in [-0.3, -0.25) is 4.79 Å². The summed E-state index contributed by atoms with van der Waals surface area (Å²) in [5.74, 6) is 0.262. The highest BCUT2D eigenvalue weighted by atomic mass is 16.5. The molecule has 1 aromatic heterocycles. The fourth-order valence-electron chi connectivity index (χ4n) is 2.36. The summed E-state index contributed by atoms with van der Waals surface area (Å²) in [5.41, 5.74) is 1.04. The van der Waals surface area contributed by atoms with E-state index in [1.165, 1.54) is 31.7 Å². The highest BCUT2D eigenvalue weighted by molar-refractivity contribution is 5.91. The lowest BCUT2D eigenvalue weighted by Gasteiger charge is -2.02. The van der Waals surface area contributed by atoms with Gasteiger partial charge in [-0.1, -0.05) is 69.4 Å². The molecule has 0 aliphatic carbocycles. The van der Waals surface area contributed by atoms with Gasteiger partial charge in [-0.15, -0.1) is 0 Å². The number of nitrogens with one attached hydrogen (secondary N) is 1. The monoisotopic (exact) mass is 330 g/mol. The van der Waals surface area contributed by atoms with Crippen molar-refractivity contribution in [3.63, 3.8) is 0 Å². The second-order valence-electron chi connectivity index (χ2n) is 5.83. The quantitative estimate of drug-likeness (QED) is 0.622. The van der Waals surface area contributed by atoms with Crippen molar-refractivity contribution in [2.75, 3.05) is 6.54 Å². The third-order valence-corrected chi connectivity index (χ3v) is 3.76. The van der Waals surface area contributed by atoms with Gasteiger partial charge < -0.3 is 14.6 Å². The van der Waals surface area contributed by atoms with Gasteiger partial charge in [-0.25, -0.2) is 0 Å². The van der Waals surface area contributed by atoms with Crippen molar-refractivity contribution in [2.45, 2.75) is 52.1 Å². The molecule has 0 radical (unpaired) electrons. The highest BCUT2D eigenvalue weighted by Crippen LogP contribution is 2.13. The van der Waals surface area contributed by atoms with E-state index in [0.717, 1.165) is 18.4 Å². The summed E-state index contributed by atoms with van der Waals surface area (Å²) in [6.07, 6.45) is 7.16. The van der Waals surface area contributed by atoms with Gasteiger partial charge >= 0.3 is 0 Å². The Kier molecular flexibility index (Phi) is 7.87. The van der Waals surface area contributed by atoms with E-state index < -0.39 is 0 Å². The van der Waals surface area contributed by atoms with Gasteiger partial charge in [0.2, 0.25) is 5.76 Å². The minimum absolute atomic E-state index is 0.184. The van der Waals surface area contributed by atoms with Gasteiger partial charge in [0, 0.05) is 6.54 Å². The van der Waals surface area contributed by atoms with E-state index in [9.17, 15) is 4.79 Å². The summed E-state index contributed by atoms with van der Waals surface area (Å²) in [5, 5.41) is 6.62. The van der Waals surface area contributed by atoms with E-state index in [0.29, 0.717) is 19.0 Å². The molecule has 0 atom stereocenters. The minimum Gasteiger partial charge on any atom is -0.471 e. The van der Waals surface area contributed by atoms with Crippen LogP contribution in [0.15, 0.2) is 40.9 Å². The van der Waals surface area contributed by atoms with Crippen LogP contribution in [-0.2, 0) is 6.61 Å². The summed E-state index contributed by atoms with van der Waals surface area (Å²) >= 11 is 0. The Balaban J connectivity index is 1.65. The van der Waals surface area contributed by atoms with Crippen molar-refractivity contribution < 1.29 is 14.1 Å². The van der Waals surface area contributed by atoms with Gasteiger partial charge in [0.25, 0.3) is 11.8 Å². The van der Waals surface area contributed by atoms with Crippen LogP contribution in [0.2, 0.25) is 0 Å². The lowest BCUT2D eigenvalue weighted by atomic mass is 10.1. The molecule has 5 heteroatoms. The number of rotatable bonds is 11. The van der Waals surface area contributed by atoms with Crippen molar-refractivity contribution >= 4 is 5.91 Å². The molecular formula is C19H26N2O3. The van der Waals surface area contributed by atoms with Crippen LogP contribution in [-0.4, -0.2) is 17.6 Å². The number of carbonyl (C=O) groups excluding carboxylic acids is 1. The Hall–Kier alpha value is -2.30. The zero-order chi connectivity index (χ0) is 17.0. The summed E-state index contributed by atoms with van der Waals surface area (Å²) in [6.45, 7) is 3.26. The largest absolute Gasteiger partial charge is 0.471 e. The normalized spacial score (nSPS) is 10.5. The maximum atomic E-state index is 12.0. The van der Waals surface area contributed by atoms with Gasteiger partial charge in [0.15, 0.2) is 0 Å². The SMILES string of the molecule is CCCCCCCCNC(=O)c1cc(OCc2ccccc2)no1. The third kappa shape index (κ3) is 6.44. The molecule has 24 heavy (non-hydrogen) atoms.